The van der Waals surface area contributed by atoms with Crippen molar-refractivity contribution in [1.29, 1.82) is 0 Å². The smallest absolute Gasteiger partial charge is 0.251 e. The quantitative estimate of drug-likeness (QED) is 0.597. The van der Waals surface area contributed by atoms with E-state index in [9.17, 15) is 9.59 Å². The van der Waals surface area contributed by atoms with E-state index in [1.807, 2.05) is 0 Å². The minimum atomic E-state index is -0.134. The summed E-state index contributed by atoms with van der Waals surface area (Å²) >= 11 is 0. The molecule has 0 radical (unpaired) electrons. The van der Waals surface area contributed by atoms with Gasteiger partial charge in [0, 0.05) is 44.2 Å². The molecule has 1 heterocycles. The van der Waals surface area contributed by atoms with Crippen molar-refractivity contribution in [2.75, 3.05) is 45.3 Å². The highest BCUT2D eigenvalue weighted by Crippen LogP contribution is 2.11. The van der Waals surface area contributed by atoms with Crippen LogP contribution in [0.15, 0.2) is 24.3 Å². The largest absolute Gasteiger partial charge is 0.383 e. The molecule has 2 amide bonds. The first kappa shape index (κ1) is 21.4. The number of methoxy groups -OCH3 is 1. The molecular weight excluding hydrogens is 346 g/mol. The van der Waals surface area contributed by atoms with E-state index in [0.717, 1.165) is 12.8 Å². The predicted octanol–water partition coefficient (Wildman–Crippen LogP) is 1.19. The maximum atomic E-state index is 12.2. The van der Waals surface area contributed by atoms with Crippen LogP contribution in [-0.2, 0) is 14.3 Å². The molecule has 1 aromatic rings. The number of rotatable bonds is 8. The maximum Gasteiger partial charge on any atom is 0.251 e. The molecule has 0 atom stereocenters. The summed E-state index contributed by atoms with van der Waals surface area (Å²) in [6.45, 7) is 2.78. The first-order valence-corrected chi connectivity index (χ1v) is 8.17. The van der Waals surface area contributed by atoms with Gasteiger partial charge in [-0.3, -0.25) is 9.59 Å². The average Bonchev–Trinajstić information content (AvgIpc) is 2.60. The average molecular weight is 372 g/mol. The zero-order valence-corrected chi connectivity index (χ0v) is 15.2. The standard InChI is InChI=1S/C17H25N3O4.ClH/c1-23-11-8-18-12-16(21)19-14-4-2-13(3-5-14)17(22)20-15-6-9-24-10-7-15;/h2-5,15,18H,6-12H2,1H3,(H,19,21)(H,20,22);1H. The van der Waals surface area contributed by atoms with Crippen molar-refractivity contribution in [2.45, 2.75) is 18.9 Å². The van der Waals surface area contributed by atoms with Gasteiger partial charge in [0.2, 0.25) is 5.91 Å². The van der Waals surface area contributed by atoms with Gasteiger partial charge in [0.05, 0.1) is 13.2 Å². The Labute approximate surface area is 154 Å². The molecule has 0 aromatic heterocycles. The van der Waals surface area contributed by atoms with Crippen LogP contribution in [0.5, 0.6) is 0 Å². The van der Waals surface area contributed by atoms with E-state index in [-0.39, 0.29) is 36.8 Å². The monoisotopic (exact) mass is 371 g/mol. The zero-order chi connectivity index (χ0) is 17.2. The van der Waals surface area contributed by atoms with Gasteiger partial charge in [-0.2, -0.15) is 0 Å². The van der Waals surface area contributed by atoms with E-state index in [1.54, 1.807) is 31.4 Å². The number of hydrogen-bond acceptors (Lipinski definition) is 5. The van der Waals surface area contributed by atoms with E-state index >= 15 is 0 Å². The zero-order valence-electron chi connectivity index (χ0n) is 14.4. The van der Waals surface area contributed by atoms with Crippen molar-refractivity contribution >= 4 is 29.9 Å². The molecule has 1 aliphatic rings. The topological polar surface area (TPSA) is 88.7 Å². The summed E-state index contributed by atoms with van der Waals surface area (Å²) in [5.41, 5.74) is 1.24. The van der Waals surface area contributed by atoms with Crippen LogP contribution in [0.25, 0.3) is 0 Å². The van der Waals surface area contributed by atoms with Crippen LogP contribution in [0.1, 0.15) is 23.2 Å². The molecule has 1 fully saturated rings. The third kappa shape index (κ3) is 7.83. The van der Waals surface area contributed by atoms with Gasteiger partial charge in [0.25, 0.3) is 5.91 Å². The first-order chi connectivity index (χ1) is 11.7. The third-order valence-corrected chi connectivity index (χ3v) is 3.76. The van der Waals surface area contributed by atoms with Gasteiger partial charge in [-0.25, -0.2) is 0 Å². The van der Waals surface area contributed by atoms with Crippen LogP contribution in [-0.4, -0.2) is 57.9 Å². The van der Waals surface area contributed by atoms with Crippen LogP contribution >= 0.6 is 12.4 Å². The molecule has 3 N–H and O–H groups in total. The Morgan fingerprint density at radius 2 is 1.88 bits per heavy atom. The Morgan fingerprint density at radius 3 is 2.52 bits per heavy atom. The molecular formula is C17H26ClN3O4. The molecule has 0 saturated carbocycles. The fraction of sp³-hybridized carbons (Fsp3) is 0.529. The van der Waals surface area contributed by atoms with Crippen molar-refractivity contribution in [3.63, 3.8) is 0 Å². The fourth-order valence-electron chi connectivity index (χ4n) is 2.40. The Hall–Kier alpha value is -1.67. The molecule has 7 nitrogen and oxygen atoms in total. The third-order valence-electron chi connectivity index (χ3n) is 3.76. The summed E-state index contributed by atoms with van der Waals surface area (Å²) in [5, 5.41) is 8.75. The number of nitrogens with one attached hydrogen (secondary N) is 3. The fourth-order valence-corrected chi connectivity index (χ4v) is 2.40. The Kier molecular flexibility index (Phi) is 10.1. The van der Waals surface area contributed by atoms with E-state index in [4.69, 9.17) is 9.47 Å². The lowest BCUT2D eigenvalue weighted by Gasteiger charge is -2.23. The summed E-state index contributed by atoms with van der Waals surface area (Å²) in [4.78, 5) is 23.9. The minimum absolute atomic E-state index is 0. The number of benzene rings is 1. The van der Waals surface area contributed by atoms with Crippen molar-refractivity contribution in [3.05, 3.63) is 29.8 Å². The number of halogens is 1. The lowest BCUT2D eigenvalue weighted by atomic mass is 10.1. The summed E-state index contributed by atoms with van der Waals surface area (Å²) in [5.74, 6) is -0.230. The van der Waals surface area contributed by atoms with Crippen LogP contribution in [0, 0.1) is 0 Å². The first-order valence-electron chi connectivity index (χ1n) is 8.17. The molecule has 2 rings (SSSR count). The van der Waals surface area contributed by atoms with Gasteiger partial charge >= 0.3 is 0 Å². The second-order valence-corrected chi connectivity index (χ2v) is 5.66. The molecule has 0 unspecified atom stereocenters. The van der Waals surface area contributed by atoms with Gasteiger partial charge < -0.3 is 25.4 Å². The van der Waals surface area contributed by atoms with Gasteiger partial charge in [0.1, 0.15) is 0 Å². The van der Waals surface area contributed by atoms with Crippen molar-refractivity contribution in [3.8, 4) is 0 Å². The summed E-state index contributed by atoms with van der Waals surface area (Å²) in [6, 6.07) is 7.05. The van der Waals surface area contributed by atoms with Crippen molar-refractivity contribution in [2.24, 2.45) is 0 Å². The molecule has 1 saturated heterocycles. The van der Waals surface area contributed by atoms with E-state index in [2.05, 4.69) is 16.0 Å². The highest BCUT2D eigenvalue weighted by Gasteiger charge is 2.16. The van der Waals surface area contributed by atoms with Crippen LogP contribution in [0.2, 0.25) is 0 Å². The normalized spacial score (nSPS) is 14.4. The van der Waals surface area contributed by atoms with Crippen LogP contribution in [0.4, 0.5) is 5.69 Å². The predicted molar refractivity (Wildman–Crippen MR) is 98.4 cm³/mol. The number of ether oxygens (including phenoxy) is 2. The van der Waals surface area contributed by atoms with Gasteiger partial charge in [-0.15, -0.1) is 12.4 Å². The second-order valence-electron chi connectivity index (χ2n) is 5.66. The minimum Gasteiger partial charge on any atom is -0.383 e. The molecule has 1 aromatic carbocycles. The summed E-state index contributed by atoms with van der Waals surface area (Å²) in [6.07, 6.45) is 1.69. The van der Waals surface area contributed by atoms with E-state index < -0.39 is 0 Å². The lowest BCUT2D eigenvalue weighted by Crippen LogP contribution is -2.38. The van der Waals surface area contributed by atoms with Crippen molar-refractivity contribution < 1.29 is 19.1 Å². The van der Waals surface area contributed by atoms with Crippen LogP contribution < -0.4 is 16.0 Å². The van der Waals surface area contributed by atoms with E-state index in [1.165, 1.54) is 0 Å². The highest BCUT2D eigenvalue weighted by molar-refractivity contribution is 5.96. The van der Waals surface area contributed by atoms with Gasteiger partial charge in [0.15, 0.2) is 0 Å². The number of carbonyl (C=O) groups excluding carboxylic acids is 2. The van der Waals surface area contributed by atoms with Gasteiger partial charge in [-0.1, -0.05) is 0 Å². The molecule has 1 aliphatic heterocycles. The van der Waals surface area contributed by atoms with Crippen molar-refractivity contribution in [1.82, 2.24) is 10.6 Å². The Bertz CT molecular complexity index is 533. The molecule has 0 aliphatic carbocycles. The number of hydrogen-bond donors (Lipinski definition) is 3. The maximum absolute atomic E-state index is 12.2. The molecule has 0 spiro atoms. The van der Waals surface area contributed by atoms with Gasteiger partial charge in [-0.05, 0) is 37.1 Å². The SMILES string of the molecule is COCCNCC(=O)Nc1ccc(C(=O)NC2CCOCC2)cc1.Cl. The van der Waals surface area contributed by atoms with E-state index in [0.29, 0.717) is 37.6 Å². The molecule has 140 valence electrons. The Morgan fingerprint density at radius 1 is 1.20 bits per heavy atom. The number of amides is 2. The summed E-state index contributed by atoms with van der Waals surface area (Å²) in [7, 11) is 1.61. The molecule has 0 bridgehead atoms. The van der Waals surface area contributed by atoms with Crippen LogP contribution in [0.3, 0.4) is 0 Å². The molecule has 25 heavy (non-hydrogen) atoms. The summed E-state index contributed by atoms with van der Waals surface area (Å²) < 4.78 is 10.2. The number of anilines is 1. The Balaban J connectivity index is 0.00000312. The molecule has 8 heteroatoms. The lowest BCUT2D eigenvalue weighted by molar-refractivity contribution is -0.115. The highest BCUT2D eigenvalue weighted by atomic mass is 35.5. The second kappa shape index (κ2) is 11.8. The number of carbonyl (C=O) groups is 2.